The normalized spacial score (nSPS) is 15.9. The van der Waals surface area contributed by atoms with Crippen molar-refractivity contribution < 1.29 is 18.3 Å². The average molecular weight is 358 g/mol. The molecule has 0 bridgehead atoms. The zero-order valence-corrected chi connectivity index (χ0v) is 14.3. The maximum absolute atomic E-state index is 13.2. The second kappa shape index (κ2) is 6.94. The third kappa shape index (κ3) is 3.11. The Balaban J connectivity index is 1.67. The molecular formula is C20H20F2N2O2. The summed E-state index contributed by atoms with van der Waals surface area (Å²) >= 11 is 0. The predicted octanol–water partition coefficient (Wildman–Crippen LogP) is 4.24. The van der Waals surface area contributed by atoms with Crippen LogP contribution < -0.4 is 15.0 Å². The van der Waals surface area contributed by atoms with Crippen LogP contribution >= 0.6 is 0 Å². The molecule has 2 aliphatic heterocycles. The molecule has 4 nitrogen and oxygen atoms in total. The number of anilines is 2. The fourth-order valence-electron chi connectivity index (χ4n) is 3.82. The van der Waals surface area contributed by atoms with Crippen molar-refractivity contribution in [1.82, 2.24) is 0 Å². The summed E-state index contributed by atoms with van der Waals surface area (Å²) in [7, 11) is 0. The Morgan fingerprint density at radius 1 is 1.15 bits per heavy atom. The van der Waals surface area contributed by atoms with Gasteiger partial charge in [-0.1, -0.05) is 6.07 Å². The quantitative estimate of drug-likeness (QED) is 0.892. The van der Waals surface area contributed by atoms with Crippen molar-refractivity contribution in [2.24, 2.45) is 0 Å². The van der Waals surface area contributed by atoms with Gasteiger partial charge in [-0.25, -0.2) is 0 Å². The number of benzene rings is 2. The number of carbonyl (C=O) groups is 1. The third-order valence-corrected chi connectivity index (χ3v) is 4.97. The molecule has 0 fully saturated rings. The number of carbonyl (C=O) groups excluding carboxylic acids is 1. The zero-order chi connectivity index (χ0) is 18.1. The first-order chi connectivity index (χ1) is 12.6. The maximum atomic E-state index is 13.2. The number of ether oxygens (including phenoxy) is 1. The molecular weight excluding hydrogens is 338 g/mol. The molecule has 0 saturated carbocycles. The molecule has 0 unspecified atom stereocenters. The van der Waals surface area contributed by atoms with E-state index in [2.05, 4.69) is 10.1 Å². The van der Waals surface area contributed by atoms with Crippen LogP contribution in [-0.2, 0) is 12.8 Å². The van der Waals surface area contributed by atoms with Crippen LogP contribution in [0.1, 0.15) is 34.3 Å². The van der Waals surface area contributed by atoms with E-state index >= 15 is 0 Å². The number of amides is 1. The van der Waals surface area contributed by atoms with Crippen molar-refractivity contribution in [3.05, 3.63) is 53.1 Å². The molecule has 2 aromatic rings. The van der Waals surface area contributed by atoms with Gasteiger partial charge in [0.25, 0.3) is 5.91 Å². The lowest BCUT2D eigenvalue weighted by Crippen LogP contribution is -2.36. The van der Waals surface area contributed by atoms with Crippen LogP contribution in [-0.4, -0.2) is 25.6 Å². The van der Waals surface area contributed by atoms with Crippen LogP contribution in [0.25, 0.3) is 0 Å². The van der Waals surface area contributed by atoms with Crippen molar-refractivity contribution in [1.29, 1.82) is 0 Å². The molecule has 0 radical (unpaired) electrons. The summed E-state index contributed by atoms with van der Waals surface area (Å²) in [6.07, 6.45) is 3.42. The largest absolute Gasteiger partial charge is 0.435 e. The summed E-state index contributed by atoms with van der Waals surface area (Å²) in [5.41, 5.74) is 4.46. The molecule has 0 aliphatic carbocycles. The Labute approximate surface area is 150 Å². The Bertz CT molecular complexity index is 839. The van der Waals surface area contributed by atoms with Crippen molar-refractivity contribution >= 4 is 17.3 Å². The van der Waals surface area contributed by atoms with E-state index in [1.165, 1.54) is 6.07 Å². The van der Waals surface area contributed by atoms with Gasteiger partial charge in [-0.05, 0) is 67.1 Å². The summed E-state index contributed by atoms with van der Waals surface area (Å²) in [4.78, 5) is 15.0. The molecule has 0 spiro atoms. The summed E-state index contributed by atoms with van der Waals surface area (Å²) in [6, 6.07) is 10.6. The Kier molecular flexibility index (Phi) is 4.49. The summed E-state index contributed by atoms with van der Waals surface area (Å²) in [6.45, 7) is -1.31. The van der Waals surface area contributed by atoms with Gasteiger partial charge in [-0.15, -0.1) is 0 Å². The van der Waals surface area contributed by atoms with Gasteiger partial charge in [-0.3, -0.25) is 4.79 Å². The van der Waals surface area contributed by atoms with E-state index < -0.39 is 6.61 Å². The fourth-order valence-corrected chi connectivity index (χ4v) is 3.82. The van der Waals surface area contributed by atoms with E-state index in [1.54, 1.807) is 17.0 Å². The average Bonchev–Trinajstić information content (AvgIpc) is 2.66. The molecule has 2 aromatic carbocycles. The molecule has 136 valence electrons. The first kappa shape index (κ1) is 16.8. The standard InChI is InChI=1S/C20H20F2N2O2/c21-20(22)26-14-8-9-18-13(12-14)4-3-11-24(18)19(25)16-5-1-7-17-15(16)6-2-10-23-17/h1,5,7-9,12,20,23H,2-4,6,10-11H2. The van der Waals surface area contributed by atoms with Crippen LogP contribution in [0.15, 0.2) is 36.4 Å². The molecule has 2 aliphatic rings. The van der Waals surface area contributed by atoms with Gasteiger partial charge >= 0.3 is 6.61 Å². The van der Waals surface area contributed by atoms with Crippen LogP contribution in [0.3, 0.4) is 0 Å². The summed E-state index contributed by atoms with van der Waals surface area (Å²) in [5.74, 6) is 0.100. The Morgan fingerprint density at radius 2 is 2.04 bits per heavy atom. The summed E-state index contributed by atoms with van der Waals surface area (Å²) < 4.78 is 29.4. The lowest BCUT2D eigenvalue weighted by molar-refractivity contribution is -0.0498. The third-order valence-electron chi connectivity index (χ3n) is 4.97. The number of alkyl halides is 2. The maximum Gasteiger partial charge on any atom is 0.387 e. The number of nitrogens with one attached hydrogen (secondary N) is 1. The van der Waals surface area contributed by atoms with Crippen molar-refractivity contribution in [2.45, 2.75) is 32.3 Å². The first-order valence-electron chi connectivity index (χ1n) is 8.89. The molecule has 2 heterocycles. The van der Waals surface area contributed by atoms with E-state index in [0.717, 1.165) is 60.3 Å². The van der Waals surface area contributed by atoms with Crippen LogP contribution in [0.5, 0.6) is 5.75 Å². The van der Waals surface area contributed by atoms with E-state index in [4.69, 9.17) is 0 Å². The topological polar surface area (TPSA) is 41.6 Å². The van der Waals surface area contributed by atoms with Crippen LogP contribution in [0, 0.1) is 0 Å². The second-order valence-electron chi connectivity index (χ2n) is 6.59. The minimum atomic E-state index is -2.85. The number of hydrogen-bond acceptors (Lipinski definition) is 3. The van der Waals surface area contributed by atoms with Crippen LogP contribution in [0.4, 0.5) is 20.2 Å². The minimum Gasteiger partial charge on any atom is -0.435 e. The fraction of sp³-hybridized carbons (Fsp3) is 0.350. The van der Waals surface area contributed by atoms with Crippen molar-refractivity contribution in [2.75, 3.05) is 23.3 Å². The van der Waals surface area contributed by atoms with Crippen molar-refractivity contribution in [3.8, 4) is 5.75 Å². The highest BCUT2D eigenvalue weighted by Gasteiger charge is 2.27. The van der Waals surface area contributed by atoms with Gasteiger partial charge in [-0.2, -0.15) is 8.78 Å². The molecule has 0 saturated heterocycles. The van der Waals surface area contributed by atoms with Gasteiger partial charge in [0.1, 0.15) is 5.75 Å². The molecule has 6 heteroatoms. The Hall–Kier alpha value is -2.63. The van der Waals surface area contributed by atoms with E-state index in [1.807, 2.05) is 18.2 Å². The highest BCUT2D eigenvalue weighted by atomic mass is 19.3. The van der Waals surface area contributed by atoms with Gasteiger partial charge in [0.2, 0.25) is 0 Å². The number of nitrogens with zero attached hydrogens (tertiary/aromatic N) is 1. The lowest BCUT2D eigenvalue weighted by atomic mass is 9.95. The lowest BCUT2D eigenvalue weighted by Gasteiger charge is -2.31. The number of halogens is 2. The van der Waals surface area contributed by atoms with Crippen LogP contribution in [0.2, 0.25) is 0 Å². The second-order valence-corrected chi connectivity index (χ2v) is 6.59. The monoisotopic (exact) mass is 358 g/mol. The predicted molar refractivity (Wildman–Crippen MR) is 96.3 cm³/mol. The Morgan fingerprint density at radius 3 is 2.88 bits per heavy atom. The molecule has 4 rings (SSSR count). The number of hydrogen-bond donors (Lipinski definition) is 1. The van der Waals surface area contributed by atoms with Gasteiger partial charge < -0.3 is 15.0 Å². The van der Waals surface area contributed by atoms with Gasteiger partial charge in [0.15, 0.2) is 0 Å². The van der Waals surface area contributed by atoms with Crippen molar-refractivity contribution in [3.63, 3.8) is 0 Å². The zero-order valence-electron chi connectivity index (χ0n) is 14.3. The van der Waals surface area contributed by atoms with Gasteiger partial charge in [0.05, 0.1) is 0 Å². The molecule has 0 aromatic heterocycles. The molecule has 1 N–H and O–H groups in total. The smallest absolute Gasteiger partial charge is 0.387 e. The summed E-state index contributed by atoms with van der Waals surface area (Å²) in [5, 5.41) is 3.35. The number of rotatable bonds is 3. The number of aryl methyl sites for hydroxylation is 1. The molecule has 26 heavy (non-hydrogen) atoms. The van der Waals surface area contributed by atoms with Gasteiger partial charge in [0, 0.05) is 30.0 Å². The molecule has 0 atom stereocenters. The highest BCUT2D eigenvalue weighted by molar-refractivity contribution is 6.08. The van der Waals surface area contributed by atoms with E-state index in [9.17, 15) is 13.6 Å². The first-order valence-corrected chi connectivity index (χ1v) is 8.89. The minimum absolute atomic E-state index is 0.0333. The number of fused-ring (bicyclic) bond motifs is 2. The molecule has 1 amide bonds. The van der Waals surface area contributed by atoms with E-state index in [0.29, 0.717) is 6.54 Å². The SMILES string of the molecule is O=C(c1cccc2c1CCCN2)N1CCCc2cc(OC(F)F)ccc21. The van der Waals surface area contributed by atoms with E-state index in [-0.39, 0.29) is 11.7 Å². The highest BCUT2D eigenvalue weighted by Crippen LogP contribution is 2.34.